The average Bonchev–Trinajstić information content (AvgIpc) is 4.17. The highest BCUT2D eigenvalue weighted by Crippen LogP contribution is 2.62. The van der Waals surface area contributed by atoms with Crippen LogP contribution < -0.4 is 10.6 Å². The summed E-state index contributed by atoms with van der Waals surface area (Å²) in [4.78, 5) is 71.7. The average molecular weight is 907 g/mol. The molecule has 10 rings (SSSR count). The van der Waals surface area contributed by atoms with Crippen LogP contribution in [0.15, 0.2) is 36.7 Å². The van der Waals surface area contributed by atoms with Crippen molar-refractivity contribution >= 4 is 24.0 Å². The lowest BCUT2D eigenvalue weighted by molar-refractivity contribution is -0.136. The van der Waals surface area contributed by atoms with E-state index in [2.05, 4.69) is 44.9 Å². The number of alkyl carbamates (subject to hydrolysis) is 2. The Morgan fingerprint density at radius 3 is 1.29 bits per heavy atom. The predicted molar refractivity (Wildman–Crippen MR) is 242 cm³/mol. The van der Waals surface area contributed by atoms with Gasteiger partial charge in [-0.3, -0.25) is 9.59 Å². The third-order valence-corrected chi connectivity index (χ3v) is 15.6. The SMILES string of the molecule is COC(=O)N[C@H](C(=O)N1CC(F)C[C@H]1c1ncc(-c2ccc(-c3ccc(-c4cnc([C@@H]5C[C@H](F)CN5C(=O)[C@@H](NC(=O)OC)C(C)C)[nH]4)c4c3C3CCC4C3)c3c2C2CCC3C2)[nH]1)C(C)C. The Morgan fingerprint density at radius 2 is 0.939 bits per heavy atom. The largest absolute Gasteiger partial charge is 0.453 e. The molecule has 0 spiro atoms. The number of alkyl halides is 2. The Bertz CT molecular complexity index is 2400. The molecule has 2 aliphatic heterocycles. The van der Waals surface area contributed by atoms with Gasteiger partial charge in [-0.2, -0.15) is 0 Å². The summed E-state index contributed by atoms with van der Waals surface area (Å²) in [5, 5.41) is 5.28. The summed E-state index contributed by atoms with van der Waals surface area (Å²) in [6.45, 7) is 7.17. The van der Waals surface area contributed by atoms with Crippen molar-refractivity contribution in [2.45, 2.75) is 139 Å². The minimum absolute atomic E-state index is 0.0812. The number of carbonyl (C=O) groups is 4. The highest BCUT2D eigenvalue weighted by Gasteiger charge is 2.47. The third-order valence-electron chi connectivity index (χ3n) is 15.6. The van der Waals surface area contributed by atoms with Crippen LogP contribution in [0.4, 0.5) is 18.4 Å². The molecule has 16 heteroatoms. The van der Waals surface area contributed by atoms with Gasteiger partial charge in [-0.05, 0) is 107 Å². The standard InChI is InChI=1S/C50H60F2N8O6/c1-23(2)43(57-49(63)65-5)47(61)59-21-29(51)17-37(59)45-53-19-35(55-45)33-13-11-31(39-25-7-9-27(15-25)41(33)39)32-12-14-34(42-28-10-8-26(16-28)40(32)42)36-20-54-46(56-36)38-18-30(52)22-60(38)48(62)44(24(3)4)58-50(64)66-6/h11-14,19-20,23-30,37-38,43-44H,7-10,15-18,21-22H2,1-6H3,(H,53,55)(H,54,56)(H,57,63)(H,58,64)/t25?,26?,27?,28?,29-,30?,37-,38-,43-,44-/m0/s1. The quantitative estimate of drug-likeness (QED) is 0.116. The van der Waals surface area contributed by atoms with Crippen LogP contribution >= 0.6 is 0 Å². The van der Waals surface area contributed by atoms with Gasteiger partial charge in [0.15, 0.2) is 0 Å². The molecule has 4 N–H and O–H groups in total. The second kappa shape index (κ2) is 17.1. The molecule has 10 atom stereocenters. The lowest BCUT2D eigenvalue weighted by Gasteiger charge is -2.29. The lowest BCUT2D eigenvalue weighted by Crippen LogP contribution is -2.51. The maximum atomic E-state index is 15.2. The van der Waals surface area contributed by atoms with E-state index in [0.717, 1.165) is 61.0 Å². The van der Waals surface area contributed by atoms with E-state index in [9.17, 15) is 19.2 Å². The van der Waals surface area contributed by atoms with Gasteiger partial charge in [0.1, 0.15) is 36.1 Å². The molecular formula is C50H60F2N8O6. The summed E-state index contributed by atoms with van der Waals surface area (Å²) in [7, 11) is 2.50. The van der Waals surface area contributed by atoms with E-state index in [0.29, 0.717) is 35.3 Å². The number of methoxy groups -OCH3 is 2. The topological polar surface area (TPSA) is 175 Å². The molecule has 5 unspecified atom stereocenters. The monoisotopic (exact) mass is 906 g/mol. The first-order valence-electron chi connectivity index (χ1n) is 23.8. The zero-order chi connectivity index (χ0) is 46.3. The van der Waals surface area contributed by atoms with Crippen molar-refractivity contribution in [2.24, 2.45) is 11.8 Å². The van der Waals surface area contributed by atoms with Crippen LogP contribution in [-0.4, -0.2) is 105 Å². The van der Waals surface area contributed by atoms with Crippen molar-refractivity contribution in [1.82, 2.24) is 40.4 Å². The Labute approximate surface area is 383 Å². The van der Waals surface area contributed by atoms with Crippen molar-refractivity contribution < 1.29 is 37.4 Å². The molecule has 350 valence electrons. The molecule has 6 aliphatic rings. The first-order chi connectivity index (χ1) is 31.7. The number of nitrogens with zero attached hydrogens (tertiary/aromatic N) is 4. The first kappa shape index (κ1) is 44.1. The van der Waals surface area contributed by atoms with Gasteiger partial charge in [0.05, 0.1) is 63.2 Å². The second-order valence-electron chi connectivity index (χ2n) is 20.1. The molecule has 2 aromatic carbocycles. The molecule has 4 heterocycles. The number of aromatic nitrogens is 4. The number of nitrogens with one attached hydrogen (secondary N) is 4. The van der Waals surface area contributed by atoms with Crippen LogP contribution in [0.5, 0.6) is 0 Å². The maximum absolute atomic E-state index is 15.2. The maximum Gasteiger partial charge on any atom is 0.407 e. The van der Waals surface area contributed by atoms with E-state index >= 15 is 8.78 Å². The van der Waals surface area contributed by atoms with Crippen molar-refractivity contribution in [2.75, 3.05) is 27.3 Å². The lowest BCUT2D eigenvalue weighted by atomic mass is 9.78. The Kier molecular flexibility index (Phi) is 11.4. The minimum Gasteiger partial charge on any atom is -0.453 e. The molecule has 0 radical (unpaired) electrons. The number of H-pyrrole nitrogens is 2. The summed E-state index contributed by atoms with van der Waals surface area (Å²) in [5.74, 6) is 1.53. The number of aromatic amines is 2. The van der Waals surface area contributed by atoms with Crippen molar-refractivity contribution in [3.8, 4) is 33.6 Å². The number of rotatable bonds is 11. The molecule has 14 nitrogen and oxygen atoms in total. The number of amides is 4. The molecule has 4 fully saturated rings. The first-order valence-corrected chi connectivity index (χ1v) is 23.8. The number of benzene rings is 2. The normalized spacial score (nSPS) is 26.8. The van der Waals surface area contributed by atoms with Crippen molar-refractivity contribution in [3.63, 3.8) is 0 Å². The minimum atomic E-state index is -1.23. The Morgan fingerprint density at radius 1 is 0.591 bits per heavy atom. The van der Waals surface area contributed by atoms with Gasteiger partial charge >= 0.3 is 12.2 Å². The van der Waals surface area contributed by atoms with Gasteiger partial charge < -0.3 is 39.9 Å². The van der Waals surface area contributed by atoms with E-state index in [1.807, 2.05) is 40.1 Å². The summed E-state index contributed by atoms with van der Waals surface area (Å²) >= 11 is 0. The van der Waals surface area contributed by atoms with E-state index in [-0.39, 0.29) is 49.6 Å². The number of fused-ring (bicyclic) bond motifs is 10. The van der Waals surface area contributed by atoms with Gasteiger partial charge in [-0.15, -0.1) is 0 Å². The highest BCUT2D eigenvalue weighted by atomic mass is 19.1. The second-order valence-corrected chi connectivity index (χ2v) is 20.1. The summed E-state index contributed by atoms with van der Waals surface area (Å²) in [6, 6.07) is 6.01. The smallest absolute Gasteiger partial charge is 0.407 e. The van der Waals surface area contributed by atoms with Crippen LogP contribution in [-0.2, 0) is 19.1 Å². The Balaban J connectivity index is 0.966. The Hall–Kier alpha value is -5.80. The fourth-order valence-corrected chi connectivity index (χ4v) is 12.6. The van der Waals surface area contributed by atoms with Crippen molar-refractivity contribution in [1.29, 1.82) is 0 Å². The van der Waals surface area contributed by atoms with Gasteiger partial charge in [0.25, 0.3) is 0 Å². The zero-order valence-corrected chi connectivity index (χ0v) is 38.5. The highest BCUT2D eigenvalue weighted by molar-refractivity contribution is 5.88. The van der Waals surface area contributed by atoms with Crippen LogP contribution in [0.25, 0.3) is 33.6 Å². The molecule has 66 heavy (non-hydrogen) atoms. The summed E-state index contributed by atoms with van der Waals surface area (Å²) < 4.78 is 39.9. The van der Waals surface area contributed by atoms with E-state index in [4.69, 9.17) is 19.4 Å². The fraction of sp³-hybridized carbons (Fsp3) is 0.560. The third kappa shape index (κ3) is 7.42. The molecule has 2 saturated carbocycles. The fourth-order valence-electron chi connectivity index (χ4n) is 12.6. The molecule has 4 aromatic rings. The van der Waals surface area contributed by atoms with Gasteiger partial charge in [0.2, 0.25) is 11.8 Å². The van der Waals surface area contributed by atoms with E-state index in [1.165, 1.54) is 57.4 Å². The van der Waals surface area contributed by atoms with Crippen LogP contribution in [0.3, 0.4) is 0 Å². The number of likely N-dealkylation sites (tertiary alicyclic amines) is 2. The van der Waals surface area contributed by atoms with E-state index in [1.54, 1.807) is 0 Å². The molecule has 2 saturated heterocycles. The van der Waals surface area contributed by atoms with Gasteiger partial charge in [-0.1, -0.05) is 52.0 Å². The summed E-state index contributed by atoms with van der Waals surface area (Å²) in [5.41, 5.74) is 12.0. The van der Waals surface area contributed by atoms with Crippen LogP contribution in [0.1, 0.15) is 149 Å². The van der Waals surface area contributed by atoms with Gasteiger partial charge in [0, 0.05) is 24.0 Å². The van der Waals surface area contributed by atoms with E-state index < -0.39 is 48.7 Å². The number of hydrogen-bond acceptors (Lipinski definition) is 8. The number of hydrogen-bond donors (Lipinski definition) is 4. The summed E-state index contributed by atoms with van der Waals surface area (Å²) in [6.07, 6.45) is 6.67. The van der Waals surface area contributed by atoms with Crippen molar-refractivity contribution in [3.05, 3.63) is 70.6 Å². The molecule has 4 amide bonds. The van der Waals surface area contributed by atoms with Crippen LogP contribution in [0, 0.1) is 11.8 Å². The molecular weight excluding hydrogens is 847 g/mol. The number of imidazole rings is 2. The molecule has 4 bridgehead atoms. The number of ether oxygens (including phenoxy) is 2. The van der Waals surface area contributed by atoms with Crippen LogP contribution in [0.2, 0.25) is 0 Å². The molecule has 4 aliphatic carbocycles. The number of carbonyl (C=O) groups excluding carboxylic acids is 4. The zero-order valence-electron chi connectivity index (χ0n) is 38.5. The number of halogens is 2. The van der Waals surface area contributed by atoms with Gasteiger partial charge in [-0.25, -0.2) is 28.3 Å². The molecule has 2 aromatic heterocycles. The predicted octanol–water partition coefficient (Wildman–Crippen LogP) is 8.85.